The van der Waals surface area contributed by atoms with E-state index in [1.807, 2.05) is 0 Å². The molecule has 0 bridgehead atoms. The van der Waals surface area contributed by atoms with Crippen LogP contribution in [0.2, 0.25) is 0 Å². The summed E-state index contributed by atoms with van der Waals surface area (Å²) in [6.07, 6.45) is 6.18. The molecular weight excluding hydrogens is 243 g/mol. The molecule has 0 radical (unpaired) electrons. The molecule has 1 aliphatic rings. The molecule has 2 heterocycles. The normalized spacial score (nSPS) is 24.6. The van der Waals surface area contributed by atoms with E-state index in [-0.39, 0.29) is 18.0 Å². The van der Waals surface area contributed by atoms with Gasteiger partial charge in [-0.05, 0) is 31.9 Å². The highest BCUT2D eigenvalue weighted by atomic mass is 19.1. The van der Waals surface area contributed by atoms with Crippen LogP contribution in [0, 0.1) is 11.7 Å². The second kappa shape index (κ2) is 6.96. The smallest absolute Gasteiger partial charge is 0.146 e. The van der Waals surface area contributed by atoms with Crippen LogP contribution >= 0.6 is 0 Å². The van der Waals surface area contributed by atoms with Crippen molar-refractivity contribution in [2.45, 2.75) is 45.3 Å². The number of hydrogen-bond donors (Lipinski definition) is 1. The number of hydrogen-bond acceptors (Lipinski definition) is 3. The van der Waals surface area contributed by atoms with Crippen LogP contribution in [-0.4, -0.2) is 24.2 Å². The first-order valence-electron chi connectivity index (χ1n) is 7.22. The van der Waals surface area contributed by atoms with Crippen LogP contribution in [0.25, 0.3) is 0 Å². The highest BCUT2D eigenvalue weighted by molar-refractivity contribution is 5.19. The predicted molar refractivity (Wildman–Crippen MR) is 73.4 cm³/mol. The first kappa shape index (κ1) is 14.4. The van der Waals surface area contributed by atoms with E-state index >= 15 is 0 Å². The number of pyridine rings is 1. The summed E-state index contributed by atoms with van der Waals surface area (Å²) >= 11 is 0. The molecule has 0 aromatic carbocycles. The molecule has 1 aliphatic heterocycles. The number of rotatable bonds is 6. The van der Waals surface area contributed by atoms with Gasteiger partial charge >= 0.3 is 0 Å². The summed E-state index contributed by atoms with van der Waals surface area (Å²) in [5.41, 5.74) is 0.720. The first-order chi connectivity index (χ1) is 9.27. The van der Waals surface area contributed by atoms with Gasteiger partial charge in [0, 0.05) is 30.3 Å². The van der Waals surface area contributed by atoms with Gasteiger partial charge in [-0.1, -0.05) is 13.8 Å². The molecular formula is C15H23FN2O. The molecule has 3 nitrogen and oxygen atoms in total. The molecule has 1 fully saturated rings. The Hall–Kier alpha value is -1.00. The quantitative estimate of drug-likeness (QED) is 0.859. The van der Waals surface area contributed by atoms with Crippen molar-refractivity contribution < 1.29 is 9.13 Å². The fourth-order valence-electron chi connectivity index (χ4n) is 2.90. The number of aromatic nitrogens is 1. The standard InChI is InChI=1S/C15H23FN2O/c1-3-7-18-15(11-5-8-17-10-13(11)16)12-6-9-19-14(12)4-2/h5,8,10,12,14-15,18H,3-4,6-7,9H2,1-2H3. The van der Waals surface area contributed by atoms with Crippen molar-refractivity contribution >= 4 is 0 Å². The average molecular weight is 266 g/mol. The highest BCUT2D eigenvalue weighted by Crippen LogP contribution is 2.35. The van der Waals surface area contributed by atoms with Crippen molar-refractivity contribution in [2.75, 3.05) is 13.2 Å². The van der Waals surface area contributed by atoms with Crippen molar-refractivity contribution in [1.82, 2.24) is 10.3 Å². The van der Waals surface area contributed by atoms with Crippen molar-refractivity contribution in [3.05, 3.63) is 29.8 Å². The maximum atomic E-state index is 14.0. The second-order valence-corrected chi connectivity index (χ2v) is 5.10. The lowest BCUT2D eigenvalue weighted by Crippen LogP contribution is -2.34. The van der Waals surface area contributed by atoms with Gasteiger partial charge in [-0.3, -0.25) is 4.98 Å². The van der Waals surface area contributed by atoms with Gasteiger partial charge in [-0.2, -0.15) is 0 Å². The fourth-order valence-corrected chi connectivity index (χ4v) is 2.90. The lowest BCUT2D eigenvalue weighted by Gasteiger charge is -2.28. The minimum absolute atomic E-state index is 0.0235. The van der Waals surface area contributed by atoms with Crippen LogP contribution in [0.15, 0.2) is 18.5 Å². The third-order valence-electron chi connectivity index (χ3n) is 3.84. The van der Waals surface area contributed by atoms with Crippen molar-refractivity contribution in [1.29, 1.82) is 0 Å². The van der Waals surface area contributed by atoms with Crippen molar-refractivity contribution in [3.8, 4) is 0 Å². The number of halogens is 1. The van der Waals surface area contributed by atoms with Crippen LogP contribution in [0.4, 0.5) is 4.39 Å². The Morgan fingerprint density at radius 3 is 3.05 bits per heavy atom. The highest BCUT2D eigenvalue weighted by Gasteiger charge is 2.35. The molecule has 1 aromatic heterocycles. The van der Waals surface area contributed by atoms with Gasteiger partial charge < -0.3 is 10.1 Å². The first-order valence-corrected chi connectivity index (χ1v) is 7.22. The SMILES string of the molecule is CCCNC(c1ccncc1F)C1CCOC1CC. The van der Waals surface area contributed by atoms with Gasteiger partial charge in [0.2, 0.25) is 0 Å². The van der Waals surface area contributed by atoms with E-state index in [9.17, 15) is 4.39 Å². The van der Waals surface area contributed by atoms with Crippen LogP contribution in [0.3, 0.4) is 0 Å². The zero-order valence-corrected chi connectivity index (χ0v) is 11.7. The van der Waals surface area contributed by atoms with E-state index in [1.54, 1.807) is 12.3 Å². The van der Waals surface area contributed by atoms with Crippen molar-refractivity contribution in [2.24, 2.45) is 5.92 Å². The van der Waals surface area contributed by atoms with Crippen LogP contribution in [0.5, 0.6) is 0 Å². The number of ether oxygens (including phenoxy) is 1. The van der Waals surface area contributed by atoms with Crippen LogP contribution in [0.1, 0.15) is 44.7 Å². The molecule has 0 aliphatic carbocycles. The third kappa shape index (κ3) is 3.31. The Morgan fingerprint density at radius 2 is 2.37 bits per heavy atom. The summed E-state index contributed by atoms with van der Waals surface area (Å²) in [6.45, 7) is 5.91. The van der Waals surface area contributed by atoms with Crippen molar-refractivity contribution in [3.63, 3.8) is 0 Å². The van der Waals surface area contributed by atoms with Crippen LogP contribution in [-0.2, 0) is 4.74 Å². The Bertz CT molecular complexity index is 399. The Balaban J connectivity index is 2.22. The molecule has 1 saturated heterocycles. The molecule has 106 valence electrons. The zero-order chi connectivity index (χ0) is 13.7. The summed E-state index contributed by atoms with van der Waals surface area (Å²) in [5, 5.41) is 3.49. The number of nitrogens with zero attached hydrogens (tertiary/aromatic N) is 1. The molecule has 0 saturated carbocycles. The lowest BCUT2D eigenvalue weighted by atomic mass is 9.86. The van der Waals surface area contributed by atoms with E-state index in [2.05, 4.69) is 24.1 Å². The van der Waals surface area contributed by atoms with E-state index < -0.39 is 0 Å². The van der Waals surface area contributed by atoms with Gasteiger partial charge in [0.25, 0.3) is 0 Å². The van der Waals surface area contributed by atoms with Gasteiger partial charge in [0.1, 0.15) is 5.82 Å². The molecule has 1 N–H and O–H groups in total. The summed E-state index contributed by atoms with van der Waals surface area (Å²) in [6, 6.07) is 1.81. The maximum absolute atomic E-state index is 14.0. The maximum Gasteiger partial charge on any atom is 0.146 e. The second-order valence-electron chi connectivity index (χ2n) is 5.10. The van der Waals surface area contributed by atoms with E-state index in [4.69, 9.17) is 4.74 Å². The summed E-state index contributed by atoms with van der Waals surface area (Å²) < 4.78 is 19.8. The van der Waals surface area contributed by atoms with E-state index in [0.29, 0.717) is 5.92 Å². The average Bonchev–Trinajstić information content (AvgIpc) is 2.89. The lowest BCUT2D eigenvalue weighted by molar-refractivity contribution is 0.0770. The third-order valence-corrected chi connectivity index (χ3v) is 3.84. The molecule has 2 rings (SSSR count). The minimum atomic E-state index is -0.224. The molecule has 19 heavy (non-hydrogen) atoms. The van der Waals surface area contributed by atoms with Gasteiger partial charge in [-0.25, -0.2) is 4.39 Å². The Morgan fingerprint density at radius 1 is 1.53 bits per heavy atom. The monoisotopic (exact) mass is 266 g/mol. The van der Waals surface area contributed by atoms with E-state index in [0.717, 1.165) is 38.0 Å². The number of nitrogens with one attached hydrogen (secondary N) is 1. The summed E-state index contributed by atoms with van der Waals surface area (Å²) in [7, 11) is 0. The molecule has 1 aromatic rings. The van der Waals surface area contributed by atoms with Crippen LogP contribution < -0.4 is 5.32 Å². The minimum Gasteiger partial charge on any atom is -0.378 e. The molecule has 3 atom stereocenters. The van der Waals surface area contributed by atoms with E-state index in [1.165, 1.54) is 6.20 Å². The Kier molecular flexibility index (Phi) is 5.28. The largest absolute Gasteiger partial charge is 0.378 e. The zero-order valence-electron chi connectivity index (χ0n) is 11.7. The van der Waals surface area contributed by atoms with Gasteiger partial charge in [-0.15, -0.1) is 0 Å². The predicted octanol–water partition coefficient (Wildman–Crippen LogP) is 3.08. The summed E-state index contributed by atoms with van der Waals surface area (Å²) in [4.78, 5) is 3.84. The van der Waals surface area contributed by atoms with Gasteiger partial charge in [0.05, 0.1) is 12.3 Å². The summed E-state index contributed by atoms with van der Waals surface area (Å²) in [5.74, 6) is 0.117. The topological polar surface area (TPSA) is 34.2 Å². The molecule has 3 unspecified atom stereocenters. The fraction of sp³-hybridized carbons (Fsp3) is 0.667. The molecule has 4 heteroatoms. The van der Waals surface area contributed by atoms with Gasteiger partial charge in [0.15, 0.2) is 0 Å². The Labute approximate surface area is 114 Å². The molecule has 0 spiro atoms. The molecule has 0 amide bonds.